The summed E-state index contributed by atoms with van der Waals surface area (Å²) in [6, 6.07) is 0.0759. The fraction of sp³-hybridized carbons (Fsp3) is 0.400. The minimum atomic E-state index is -0.302. The molecule has 8 heteroatoms. The molecule has 0 atom stereocenters. The van der Waals surface area contributed by atoms with E-state index < -0.39 is 0 Å². The standard InChI is InChI=1S/C10H14N6O2/c1-5-9(11)6(2)16(14-5)4-8(17)13-10-12-7(3)15-18-10/h4,11H2,1-3H3,(H,12,13,15,17). The van der Waals surface area contributed by atoms with Crippen LogP contribution in [0, 0.1) is 20.8 Å². The molecule has 0 radical (unpaired) electrons. The van der Waals surface area contributed by atoms with Crippen LogP contribution in [0.4, 0.5) is 11.7 Å². The molecule has 0 aliphatic heterocycles. The van der Waals surface area contributed by atoms with Crippen LogP contribution in [0.25, 0.3) is 0 Å². The number of aryl methyl sites for hydroxylation is 2. The predicted octanol–water partition coefficient (Wildman–Crippen LogP) is 0.412. The average Bonchev–Trinajstić information content (AvgIpc) is 2.80. The van der Waals surface area contributed by atoms with E-state index in [1.807, 2.05) is 0 Å². The van der Waals surface area contributed by atoms with Gasteiger partial charge in [-0.3, -0.25) is 14.8 Å². The minimum absolute atomic E-state index is 0.0469. The van der Waals surface area contributed by atoms with Crippen molar-refractivity contribution in [3.05, 3.63) is 17.2 Å². The highest BCUT2D eigenvalue weighted by Crippen LogP contribution is 2.14. The molecule has 3 N–H and O–H groups in total. The molecule has 96 valence electrons. The minimum Gasteiger partial charge on any atom is -0.396 e. The predicted molar refractivity (Wildman–Crippen MR) is 63.8 cm³/mol. The molecule has 0 aliphatic carbocycles. The molecular weight excluding hydrogens is 236 g/mol. The van der Waals surface area contributed by atoms with Crippen LogP contribution in [0.3, 0.4) is 0 Å². The number of hydrogen-bond acceptors (Lipinski definition) is 6. The van der Waals surface area contributed by atoms with Crippen molar-refractivity contribution in [3.63, 3.8) is 0 Å². The zero-order chi connectivity index (χ0) is 13.3. The Morgan fingerprint density at radius 1 is 1.44 bits per heavy atom. The van der Waals surface area contributed by atoms with Crippen LogP contribution in [-0.2, 0) is 11.3 Å². The number of nitrogens with zero attached hydrogens (tertiary/aromatic N) is 4. The lowest BCUT2D eigenvalue weighted by molar-refractivity contribution is -0.117. The highest BCUT2D eigenvalue weighted by atomic mass is 16.5. The van der Waals surface area contributed by atoms with Gasteiger partial charge in [0.1, 0.15) is 6.54 Å². The third-order valence-electron chi connectivity index (χ3n) is 2.50. The van der Waals surface area contributed by atoms with Crippen LogP contribution in [0.5, 0.6) is 0 Å². The largest absolute Gasteiger partial charge is 0.396 e. The molecule has 2 aromatic rings. The van der Waals surface area contributed by atoms with Crippen LogP contribution in [0.2, 0.25) is 0 Å². The number of carbonyl (C=O) groups excluding carboxylic acids is 1. The Morgan fingerprint density at radius 3 is 2.67 bits per heavy atom. The second kappa shape index (κ2) is 4.47. The first kappa shape index (κ1) is 12.1. The van der Waals surface area contributed by atoms with Gasteiger partial charge in [-0.25, -0.2) is 0 Å². The van der Waals surface area contributed by atoms with Gasteiger partial charge in [-0.2, -0.15) is 10.1 Å². The van der Waals surface area contributed by atoms with Gasteiger partial charge in [0, 0.05) is 0 Å². The number of amides is 1. The van der Waals surface area contributed by atoms with Gasteiger partial charge in [0.2, 0.25) is 5.91 Å². The van der Waals surface area contributed by atoms with Crippen molar-refractivity contribution < 1.29 is 9.32 Å². The monoisotopic (exact) mass is 250 g/mol. The van der Waals surface area contributed by atoms with Gasteiger partial charge in [0.05, 0.1) is 17.1 Å². The number of anilines is 2. The van der Waals surface area contributed by atoms with Crippen molar-refractivity contribution in [1.29, 1.82) is 0 Å². The fourth-order valence-electron chi connectivity index (χ4n) is 1.51. The van der Waals surface area contributed by atoms with Gasteiger partial charge >= 0.3 is 6.01 Å². The molecule has 0 fully saturated rings. The summed E-state index contributed by atoms with van der Waals surface area (Å²) in [4.78, 5) is 15.6. The summed E-state index contributed by atoms with van der Waals surface area (Å²) < 4.78 is 6.32. The van der Waals surface area contributed by atoms with Gasteiger partial charge in [-0.15, -0.1) is 0 Å². The summed E-state index contributed by atoms with van der Waals surface area (Å²) in [5.74, 6) is 0.157. The first-order chi connectivity index (χ1) is 8.47. The lowest BCUT2D eigenvalue weighted by Gasteiger charge is -2.03. The highest BCUT2D eigenvalue weighted by molar-refractivity contribution is 5.88. The zero-order valence-electron chi connectivity index (χ0n) is 10.4. The van der Waals surface area contributed by atoms with Gasteiger partial charge in [0.25, 0.3) is 0 Å². The van der Waals surface area contributed by atoms with Crippen molar-refractivity contribution in [2.45, 2.75) is 27.3 Å². The van der Waals surface area contributed by atoms with Crippen LogP contribution in [0.15, 0.2) is 4.52 Å². The smallest absolute Gasteiger partial charge is 0.328 e. The average molecular weight is 250 g/mol. The molecule has 0 saturated heterocycles. The Hall–Kier alpha value is -2.38. The lowest BCUT2D eigenvalue weighted by atomic mass is 10.3. The van der Waals surface area contributed by atoms with Gasteiger partial charge in [-0.05, 0) is 20.8 Å². The molecule has 0 unspecified atom stereocenters. The van der Waals surface area contributed by atoms with E-state index in [2.05, 4.69) is 20.6 Å². The maximum absolute atomic E-state index is 11.7. The van der Waals surface area contributed by atoms with Crippen molar-refractivity contribution in [2.24, 2.45) is 0 Å². The molecule has 0 aromatic carbocycles. The molecular formula is C10H14N6O2. The van der Waals surface area contributed by atoms with E-state index in [4.69, 9.17) is 10.3 Å². The van der Waals surface area contributed by atoms with E-state index in [9.17, 15) is 4.79 Å². The Kier molecular flexibility index (Phi) is 3.00. The molecule has 18 heavy (non-hydrogen) atoms. The van der Waals surface area contributed by atoms with E-state index in [-0.39, 0.29) is 18.5 Å². The lowest BCUT2D eigenvalue weighted by Crippen LogP contribution is -2.20. The maximum Gasteiger partial charge on any atom is 0.328 e. The SMILES string of the molecule is Cc1noc(NC(=O)Cn2nc(C)c(N)c2C)n1. The van der Waals surface area contributed by atoms with Gasteiger partial charge in [0.15, 0.2) is 5.82 Å². The number of hydrogen-bond donors (Lipinski definition) is 2. The molecule has 0 bridgehead atoms. The summed E-state index contributed by atoms with van der Waals surface area (Å²) >= 11 is 0. The third kappa shape index (κ3) is 2.31. The molecule has 0 aliphatic rings. The fourth-order valence-corrected chi connectivity index (χ4v) is 1.51. The number of nitrogens with one attached hydrogen (secondary N) is 1. The van der Waals surface area contributed by atoms with Crippen molar-refractivity contribution in [2.75, 3.05) is 11.1 Å². The molecule has 2 heterocycles. The zero-order valence-corrected chi connectivity index (χ0v) is 10.4. The van der Waals surface area contributed by atoms with E-state index in [0.717, 1.165) is 5.69 Å². The summed E-state index contributed by atoms with van der Waals surface area (Å²) in [7, 11) is 0. The number of nitrogen functional groups attached to an aromatic ring is 1. The highest BCUT2D eigenvalue weighted by Gasteiger charge is 2.13. The van der Waals surface area contributed by atoms with E-state index in [1.54, 1.807) is 20.8 Å². The number of carbonyl (C=O) groups is 1. The molecule has 2 aromatic heterocycles. The van der Waals surface area contributed by atoms with Crippen LogP contribution in [0.1, 0.15) is 17.2 Å². The molecule has 0 saturated carbocycles. The number of nitrogens with two attached hydrogens (primary N) is 1. The van der Waals surface area contributed by atoms with Gasteiger partial charge in [-0.1, -0.05) is 5.16 Å². The third-order valence-corrected chi connectivity index (χ3v) is 2.50. The van der Waals surface area contributed by atoms with Gasteiger partial charge < -0.3 is 10.3 Å². The van der Waals surface area contributed by atoms with Crippen molar-refractivity contribution in [1.82, 2.24) is 19.9 Å². The molecule has 1 amide bonds. The van der Waals surface area contributed by atoms with Crippen LogP contribution in [-0.4, -0.2) is 25.8 Å². The Bertz CT molecular complexity index is 585. The van der Waals surface area contributed by atoms with Crippen molar-refractivity contribution >= 4 is 17.6 Å². The maximum atomic E-state index is 11.7. The summed E-state index contributed by atoms with van der Waals surface area (Å²) in [5.41, 5.74) is 7.83. The Morgan fingerprint density at radius 2 is 2.17 bits per heavy atom. The quantitative estimate of drug-likeness (QED) is 0.816. The Labute approximate surface area is 103 Å². The summed E-state index contributed by atoms with van der Waals surface area (Å²) in [6.07, 6.45) is 0. The van der Waals surface area contributed by atoms with E-state index in [0.29, 0.717) is 17.2 Å². The van der Waals surface area contributed by atoms with Crippen molar-refractivity contribution in [3.8, 4) is 0 Å². The normalized spacial score (nSPS) is 10.6. The molecule has 8 nitrogen and oxygen atoms in total. The van der Waals surface area contributed by atoms with E-state index >= 15 is 0 Å². The Balaban J connectivity index is 2.05. The summed E-state index contributed by atoms with van der Waals surface area (Å²) in [6.45, 7) is 5.31. The number of rotatable bonds is 3. The molecule has 2 rings (SSSR count). The summed E-state index contributed by atoms with van der Waals surface area (Å²) in [5, 5.41) is 10.2. The number of aromatic nitrogens is 4. The second-order valence-corrected chi connectivity index (χ2v) is 3.94. The first-order valence-electron chi connectivity index (χ1n) is 5.37. The van der Waals surface area contributed by atoms with Crippen LogP contribution >= 0.6 is 0 Å². The van der Waals surface area contributed by atoms with E-state index in [1.165, 1.54) is 4.68 Å². The topological polar surface area (TPSA) is 112 Å². The van der Waals surface area contributed by atoms with Crippen LogP contribution < -0.4 is 11.1 Å². The second-order valence-electron chi connectivity index (χ2n) is 3.94. The molecule has 0 spiro atoms. The first-order valence-corrected chi connectivity index (χ1v) is 5.37.